The molecule has 0 bridgehead atoms. The van der Waals surface area contributed by atoms with Gasteiger partial charge < -0.3 is 9.84 Å². The van der Waals surface area contributed by atoms with Gasteiger partial charge in [-0.25, -0.2) is 0 Å². The highest BCUT2D eigenvalue weighted by Gasteiger charge is 2.21. The number of hydrogen-bond donors (Lipinski definition) is 1. The second kappa shape index (κ2) is 6.06. The number of rotatable bonds is 3. The highest BCUT2D eigenvalue weighted by molar-refractivity contribution is 5.28. The topological polar surface area (TPSA) is 29.5 Å². The average molecular weight is 234 g/mol. The first-order valence-corrected chi connectivity index (χ1v) is 6.63. The molecule has 1 saturated carbocycles. The van der Waals surface area contributed by atoms with Gasteiger partial charge in [0.25, 0.3) is 0 Å². The Bertz CT molecular complexity index is 323. The van der Waals surface area contributed by atoms with Crippen molar-refractivity contribution in [3.8, 4) is 5.75 Å². The third kappa shape index (κ3) is 3.22. The highest BCUT2D eigenvalue weighted by Crippen LogP contribution is 2.33. The molecule has 1 atom stereocenters. The van der Waals surface area contributed by atoms with E-state index in [0.29, 0.717) is 5.92 Å². The molecule has 1 aliphatic carbocycles. The normalized spacial score (nSPS) is 19.6. The number of ether oxygens (including phenoxy) is 1. The summed E-state index contributed by atoms with van der Waals surface area (Å²) in [6.45, 7) is 0. The molecule has 0 aliphatic heterocycles. The van der Waals surface area contributed by atoms with Gasteiger partial charge in [-0.3, -0.25) is 0 Å². The number of aliphatic hydroxyl groups excluding tert-OH is 1. The zero-order valence-electron chi connectivity index (χ0n) is 10.6. The van der Waals surface area contributed by atoms with Gasteiger partial charge in [-0.05, 0) is 36.5 Å². The van der Waals surface area contributed by atoms with Gasteiger partial charge >= 0.3 is 0 Å². The van der Waals surface area contributed by atoms with E-state index >= 15 is 0 Å². The molecule has 0 heterocycles. The summed E-state index contributed by atoms with van der Waals surface area (Å²) in [5, 5.41) is 10.4. The largest absolute Gasteiger partial charge is 0.497 e. The first-order chi connectivity index (χ1) is 8.31. The molecular weight excluding hydrogens is 212 g/mol. The number of aliphatic hydroxyl groups is 1. The van der Waals surface area contributed by atoms with Crippen LogP contribution < -0.4 is 4.74 Å². The predicted octanol–water partition coefficient (Wildman–Crippen LogP) is 3.70. The summed E-state index contributed by atoms with van der Waals surface area (Å²) in [6.07, 6.45) is 7.19. The van der Waals surface area contributed by atoms with Gasteiger partial charge in [0.05, 0.1) is 13.2 Å². The lowest BCUT2D eigenvalue weighted by atomic mass is 9.89. The van der Waals surface area contributed by atoms with E-state index in [-0.39, 0.29) is 6.10 Å². The molecule has 1 aromatic rings. The average Bonchev–Trinajstić information content (AvgIpc) is 2.67. The molecule has 2 nitrogen and oxygen atoms in total. The molecule has 0 radical (unpaired) electrons. The van der Waals surface area contributed by atoms with Gasteiger partial charge in [-0.2, -0.15) is 0 Å². The summed E-state index contributed by atoms with van der Waals surface area (Å²) in [5.74, 6) is 1.28. The summed E-state index contributed by atoms with van der Waals surface area (Å²) in [6, 6.07) is 7.81. The molecule has 1 fully saturated rings. The van der Waals surface area contributed by atoms with Crippen molar-refractivity contribution in [2.24, 2.45) is 5.92 Å². The van der Waals surface area contributed by atoms with Crippen LogP contribution in [-0.4, -0.2) is 12.2 Å². The Kier molecular flexibility index (Phi) is 4.43. The van der Waals surface area contributed by atoms with E-state index in [2.05, 4.69) is 0 Å². The molecule has 0 aromatic heterocycles. The van der Waals surface area contributed by atoms with Crippen molar-refractivity contribution >= 4 is 0 Å². The minimum Gasteiger partial charge on any atom is -0.497 e. The van der Waals surface area contributed by atoms with E-state index in [1.807, 2.05) is 24.3 Å². The second-order valence-electron chi connectivity index (χ2n) is 4.97. The molecule has 94 valence electrons. The van der Waals surface area contributed by atoms with Crippen molar-refractivity contribution in [1.82, 2.24) is 0 Å². The zero-order valence-corrected chi connectivity index (χ0v) is 10.6. The maximum absolute atomic E-state index is 10.4. The van der Waals surface area contributed by atoms with Crippen LogP contribution in [0, 0.1) is 5.92 Å². The Morgan fingerprint density at radius 3 is 2.18 bits per heavy atom. The van der Waals surface area contributed by atoms with Gasteiger partial charge in [-0.1, -0.05) is 37.8 Å². The smallest absolute Gasteiger partial charge is 0.118 e. The van der Waals surface area contributed by atoms with E-state index in [1.165, 1.54) is 25.7 Å². The van der Waals surface area contributed by atoms with Crippen molar-refractivity contribution in [3.63, 3.8) is 0 Å². The maximum atomic E-state index is 10.4. The molecule has 2 rings (SSSR count). The molecule has 0 spiro atoms. The fourth-order valence-corrected chi connectivity index (χ4v) is 2.70. The van der Waals surface area contributed by atoms with Crippen LogP contribution in [0.5, 0.6) is 5.75 Å². The Morgan fingerprint density at radius 1 is 1.06 bits per heavy atom. The van der Waals surface area contributed by atoms with E-state index in [4.69, 9.17) is 4.74 Å². The summed E-state index contributed by atoms with van der Waals surface area (Å²) < 4.78 is 5.13. The van der Waals surface area contributed by atoms with Crippen LogP contribution in [0.1, 0.15) is 50.2 Å². The fourth-order valence-electron chi connectivity index (χ4n) is 2.70. The SMILES string of the molecule is COc1ccc(C(O)C2CCCCCC2)cc1. The molecule has 1 aliphatic rings. The van der Waals surface area contributed by atoms with Gasteiger partial charge in [0.2, 0.25) is 0 Å². The van der Waals surface area contributed by atoms with E-state index in [0.717, 1.165) is 24.2 Å². The minimum absolute atomic E-state index is 0.306. The van der Waals surface area contributed by atoms with Gasteiger partial charge in [0, 0.05) is 0 Å². The molecule has 17 heavy (non-hydrogen) atoms. The fraction of sp³-hybridized carbons (Fsp3) is 0.600. The van der Waals surface area contributed by atoms with Crippen LogP contribution in [0.4, 0.5) is 0 Å². The van der Waals surface area contributed by atoms with Crippen molar-refractivity contribution in [2.75, 3.05) is 7.11 Å². The Balaban J connectivity index is 2.03. The zero-order chi connectivity index (χ0) is 12.1. The molecule has 1 unspecified atom stereocenters. The van der Waals surface area contributed by atoms with Crippen LogP contribution in [0.3, 0.4) is 0 Å². The first-order valence-electron chi connectivity index (χ1n) is 6.63. The van der Waals surface area contributed by atoms with E-state index in [9.17, 15) is 5.11 Å². The quantitative estimate of drug-likeness (QED) is 0.808. The van der Waals surface area contributed by atoms with Gasteiger partial charge in [0.1, 0.15) is 5.75 Å². The Morgan fingerprint density at radius 2 is 1.65 bits per heavy atom. The summed E-state index contributed by atoms with van der Waals surface area (Å²) in [5.41, 5.74) is 1.03. The molecular formula is C15H22O2. The molecule has 1 N–H and O–H groups in total. The first kappa shape index (κ1) is 12.4. The summed E-state index contributed by atoms with van der Waals surface area (Å²) >= 11 is 0. The highest BCUT2D eigenvalue weighted by atomic mass is 16.5. The summed E-state index contributed by atoms with van der Waals surface area (Å²) in [7, 11) is 1.66. The van der Waals surface area contributed by atoms with Gasteiger partial charge in [0.15, 0.2) is 0 Å². The third-order valence-electron chi connectivity index (χ3n) is 3.80. The minimum atomic E-state index is -0.306. The molecule has 0 amide bonds. The lowest BCUT2D eigenvalue weighted by molar-refractivity contribution is 0.0987. The van der Waals surface area contributed by atoms with Crippen molar-refractivity contribution in [1.29, 1.82) is 0 Å². The number of benzene rings is 1. The molecule has 2 heteroatoms. The molecule has 1 aromatic carbocycles. The van der Waals surface area contributed by atoms with Crippen LogP contribution in [0.15, 0.2) is 24.3 Å². The third-order valence-corrected chi connectivity index (χ3v) is 3.80. The van der Waals surface area contributed by atoms with E-state index < -0.39 is 0 Å². The standard InChI is InChI=1S/C15H22O2/c1-17-14-10-8-13(9-11-14)15(16)12-6-4-2-3-5-7-12/h8-12,15-16H,2-7H2,1H3. The summed E-state index contributed by atoms with van der Waals surface area (Å²) in [4.78, 5) is 0. The molecule has 0 saturated heterocycles. The van der Waals surface area contributed by atoms with Gasteiger partial charge in [-0.15, -0.1) is 0 Å². The second-order valence-corrected chi connectivity index (χ2v) is 4.97. The lowest BCUT2D eigenvalue weighted by Crippen LogP contribution is -2.11. The van der Waals surface area contributed by atoms with Crippen LogP contribution in [0.25, 0.3) is 0 Å². The van der Waals surface area contributed by atoms with Crippen molar-refractivity contribution in [2.45, 2.75) is 44.6 Å². The monoisotopic (exact) mass is 234 g/mol. The Hall–Kier alpha value is -1.02. The predicted molar refractivity (Wildman–Crippen MR) is 69.1 cm³/mol. The van der Waals surface area contributed by atoms with E-state index in [1.54, 1.807) is 7.11 Å². The lowest BCUT2D eigenvalue weighted by Gasteiger charge is -2.21. The van der Waals surface area contributed by atoms with Crippen LogP contribution >= 0.6 is 0 Å². The number of hydrogen-bond acceptors (Lipinski definition) is 2. The van der Waals surface area contributed by atoms with Crippen LogP contribution in [-0.2, 0) is 0 Å². The van der Waals surface area contributed by atoms with Crippen molar-refractivity contribution in [3.05, 3.63) is 29.8 Å². The van der Waals surface area contributed by atoms with Crippen molar-refractivity contribution < 1.29 is 9.84 Å². The number of methoxy groups -OCH3 is 1. The van der Waals surface area contributed by atoms with Crippen LogP contribution in [0.2, 0.25) is 0 Å². The Labute approximate surface area is 104 Å². The maximum Gasteiger partial charge on any atom is 0.118 e.